The van der Waals surface area contributed by atoms with E-state index in [1.807, 2.05) is 11.8 Å². The molecule has 0 radical (unpaired) electrons. The van der Waals surface area contributed by atoms with E-state index in [9.17, 15) is 0 Å². The van der Waals surface area contributed by atoms with E-state index in [4.69, 9.17) is 0 Å². The van der Waals surface area contributed by atoms with Crippen molar-refractivity contribution >= 4 is 16.9 Å². The van der Waals surface area contributed by atoms with E-state index < -0.39 is 0 Å². The maximum Gasteiger partial charge on any atom is 0.157 e. The summed E-state index contributed by atoms with van der Waals surface area (Å²) in [7, 11) is 0. The van der Waals surface area contributed by atoms with Crippen molar-refractivity contribution in [1.29, 1.82) is 0 Å². The van der Waals surface area contributed by atoms with Crippen LogP contribution in [0.4, 0.5) is 0 Å². The summed E-state index contributed by atoms with van der Waals surface area (Å²) < 4.78 is 0. The number of nitrogens with one attached hydrogen (secondary N) is 1. The second kappa shape index (κ2) is 3.19. The third kappa shape index (κ3) is 2.19. The summed E-state index contributed by atoms with van der Waals surface area (Å²) in [5.74, 6) is 0.736. The van der Waals surface area contributed by atoms with E-state index in [1.165, 1.54) is 18.0 Å². The molecule has 0 aromatic rings. The molecule has 3 heteroatoms. The van der Waals surface area contributed by atoms with Gasteiger partial charge in [0, 0.05) is 10.8 Å². The standard InChI is InChI=1S/C10H18N2S/c1-7(2)8-6-11-9(13-8)12-10(3)4-5-10/h7-8H,4-6H2,1-3H3,(H,11,12). The largest absolute Gasteiger partial charge is 0.360 e. The number of hydrogen-bond acceptors (Lipinski definition) is 3. The minimum Gasteiger partial charge on any atom is -0.360 e. The number of aliphatic imine (C=N–C) groups is 1. The van der Waals surface area contributed by atoms with Gasteiger partial charge in [-0.25, -0.2) is 0 Å². The predicted octanol–water partition coefficient (Wildman–Crippen LogP) is 2.26. The molecule has 1 saturated carbocycles. The van der Waals surface area contributed by atoms with Gasteiger partial charge >= 0.3 is 0 Å². The Balaban J connectivity index is 1.83. The molecule has 2 nitrogen and oxygen atoms in total. The molecule has 2 rings (SSSR count). The van der Waals surface area contributed by atoms with E-state index in [-0.39, 0.29) is 0 Å². The van der Waals surface area contributed by atoms with Crippen molar-refractivity contribution in [2.45, 2.75) is 44.4 Å². The number of thioether (sulfide) groups is 1. The molecular formula is C10H18N2S. The third-order valence-electron chi connectivity index (χ3n) is 2.83. The molecule has 1 aliphatic carbocycles. The summed E-state index contributed by atoms with van der Waals surface area (Å²) in [6, 6.07) is 0. The molecule has 1 heterocycles. The molecule has 0 spiro atoms. The average Bonchev–Trinajstić information content (AvgIpc) is 2.62. The van der Waals surface area contributed by atoms with Crippen LogP contribution in [0.2, 0.25) is 0 Å². The van der Waals surface area contributed by atoms with Crippen LogP contribution >= 0.6 is 11.8 Å². The van der Waals surface area contributed by atoms with Gasteiger partial charge < -0.3 is 5.32 Å². The Morgan fingerprint density at radius 3 is 2.69 bits per heavy atom. The Morgan fingerprint density at radius 1 is 1.54 bits per heavy atom. The van der Waals surface area contributed by atoms with Gasteiger partial charge in [-0.15, -0.1) is 0 Å². The fraction of sp³-hybridized carbons (Fsp3) is 0.900. The van der Waals surface area contributed by atoms with Crippen LogP contribution in [0.3, 0.4) is 0 Å². The van der Waals surface area contributed by atoms with E-state index >= 15 is 0 Å². The highest BCUT2D eigenvalue weighted by Crippen LogP contribution is 2.36. The van der Waals surface area contributed by atoms with Gasteiger partial charge in [-0.2, -0.15) is 0 Å². The third-order valence-corrected chi connectivity index (χ3v) is 4.28. The van der Waals surface area contributed by atoms with Crippen molar-refractivity contribution in [2.24, 2.45) is 10.9 Å². The summed E-state index contributed by atoms with van der Waals surface area (Å²) in [5, 5.41) is 5.41. The Morgan fingerprint density at radius 2 is 2.23 bits per heavy atom. The van der Waals surface area contributed by atoms with Crippen LogP contribution in [0.25, 0.3) is 0 Å². The van der Waals surface area contributed by atoms with Crippen LogP contribution in [-0.4, -0.2) is 22.5 Å². The molecule has 74 valence electrons. The minimum absolute atomic E-state index is 0.387. The summed E-state index contributed by atoms with van der Waals surface area (Å²) in [6.45, 7) is 7.82. The molecule has 1 aliphatic heterocycles. The molecule has 1 fully saturated rings. The number of nitrogens with zero attached hydrogens (tertiary/aromatic N) is 1. The van der Waals surface area contributed by atoms with Crippen LogP contribution < -0.4 is 5.32 Å². The summed E-state index contributed by atoms with van der Waals surface area (Å²) in [5.41, 5.74) is 0.387. The Hall–Kier alpha value is -0.180. The lowest BCUT2D eigenvalue weighted by Gasteiger charge is -2.15. The van der Waals surface area contributed by atoms with E-state index in [1.54, 1.807) is 0 Å². The van der Waals surface area contributed by atoms with Gasteiger partial charge in [-0.3, -0.25) is 4.99 Å². The highest BCUT2D eigenvalue weighted by Gasteiger charge is 2.39. The van der Waals surface area contributed by atoms with E-state index in [2.05, 4.69) is 31.1 Å². The smallest absolute Gasteiger partial charge is 0.157 e. The normalized spacial score (nSPS) is 30.5. The lowest BCUT2D eigenvalue weighted by Crippen LogP contribution is -2.31. The second-order valence-electron chi connectivity index (χ2n) is 4.73. The van der Waals surface area contributed by atoms with Gasteiger partial charge in [0.05, 0.1) is 6.54 Å². The molecule has 1 N–H and O–H groups in total. The SMILES string of the molecule is CC(C)C1CN=C(NC2(C)CC2)S1. The molecule has 0 aromatic heterocycles. The van der Waals surface area contributed by atoms with Gasteiger partial charge in [-0.05, 0) is 25.7 Å². The van der Waals surface area contributed by atoms with Crippen molar-refractivity contribution in [3.63, 3.8) is 0 Å². The summed E-state index contributed by atoms with van der Waals surface area (Å²) in [6.07, 6.45) is 2.61. The van der Waals surface area contributed by atoms with Crippen LogP contribution in [0.1, 0.15) is 33.6 Å². The minimum atomic E-state index is 0.387. The zero-order valence-electron chi connectivity index (χ0n) is 8.63. The molecule has 1 atom stereocenters. The maximum atomic E-state index is 4.53. The van der Waals surface area contributed by atoms with Gasteiger partial charge in [-0.1, -0.05) is 25.6 Å². The first kappa shape index (κ1) is 9.38. The lowest BCUT2D eigenvalue weighted by molar-refractivity contribution is 0.620. The number of rotatable bonds is 2. The molecule has 13 heavy (non-hydrogen) atoms. The second-order valence-corrected chi connectivity index (χ2v) is 5.96. The first-order chi connectivity index (χ1) is 6.09. The zero-order valence-corrected chi connectivity index (χ0v) is 9.45. The van der Waals surface area contributed by atoms with Crippen LogP contribution in [0, 0.1) is 5.92 Å². The van der Waals surface area contributed by atoms with Gasteiger partial charge in [0.2, 0.25) is 0 Å². The molecule has 0 saturated heterocycles. The molecular weight excluding hydrogens is 180 g/mol. The molecule has 1 unspecified atom stereocenters. The quantitative estimate of drug-likeness (QED) is 0.736. The summed E-state index contributed by atoms with van der Waals surface area (Å²) >= 11 is 1.92. The van der Waals surface area contributed by atoms with Crippen molar-refractivity contribution in [3.05, 3.63) is 0 Å². The first-order valence-corrected chi connectivity index (χ1v) is 5.96. The lowest BCUT2D eigenvalue weighted by atomic mass is 10.1. The Bertz CT molecular complexity index is 231. The molecule has 0 bridgehead atoms. The molecule has 0 amide bonds. The van der Waals surface area contributed by atoms with Gasteiger partial charge in [0.1, 0.15) is 0 Å². The monoisotopic (exact) mass is 198 g/mol. The van der Waals surface area contributed by atoms with Crippen molar-refractivity contribution < 1.29 is 0 Å². The highest BCUT2D eigenvalue weighted by atomic mass is 32.2. The maximum absolute atomic E-state index is 4.53. The van der Waals surface area contributed by atoms with Crippen molar-refractivity contribution in [1.82, 2.24) is 5.32 Å². The van der Waals surface area contributed by atoms with Crippen molar-refractivity contribution in [3.8, 4) is 0 Å². The Labute approximate surface area is 84.6 Å². The van der Waals surface area contributed by atoms with Crippen LogP contribution in [0.15, 0.2) is 4.99 Å². The van der Waals surface area contributed by atoms with E-state index in [0.29, 0.717) is 10.8 Å². The van der Waals surface area contributed by atoms with Gasteiger partial charge in [0.15, 0.2) is 5.17 Å². The number of amidine groups is 1. The van der Waals surface area contributed by atoms with Gasteiger partial charge in [0.25, 0.3) is 0 Å². The van der Waals surface area contributed by atoms with Crippen molar-refractivity contribution in [2.75, 3.05) is 6.54 Å². The highest BCUT2D eigenvalue weighted by molar-refractivity contribution is 8.14. The number of hydrogen-bond donors (Lipinski definition) is 1. The van der Waals surface area contributed by atoms with E-state index in [0.717, 1.165) is 12.5 Å². The van der Waals surface area contributed by atoms with Crippen LogP contribution in [0.5, 0.6) is 0 Å². The Kier molecular flexibility index (Phi) is 2.30. The fourth-order valence-corrected chi connectivity index (χ4v) is 2.54. The average molecular weight is 198 g/mol. The first-order valence-electron chi connectivity index (χ1n) is 5.08. The fourth-order valence-electron chi connectivity index (χ4n) is 1.38. The summed E-state index contributed by atoms with van der Waals surface area (Å²) in [4.78, 5) is 4.53. The predicted molar refractivity (Wildman–Crippen MR) is 59.3 cm³/mol. The van der Waals surface area contributed by atoms with Crippen LogP contribution in [-0.2, 0) is 0 Å². The zero-order chi connectivity index (χ0) is 9.47. The topological polar surface area (TPSA) is 24.4 Å². The molecule has 0 aromatic carbocycles. The molecule has 2 aliphatic rings.